The smallest absolute Gasteiger partial charge is 0.136 e. The molecule has 3 rings (SSSR count). The fourth-order valence-corrected chi connectivity index (χ4v) is 1.72. The second-order valence-electron chi connectivity index (χ2n) is 4.37. The lowest BCUT2D eigenvalue weighted by molar-refractivity contribution is 0.412. The van der Waals surface area contributed by atoms with E-state index in [0.717, 1.165) is 23.2 Å². The van der Waals surface area contributed by atoms with Gasteiger partial charge in [-0.2, -0.15) is 0 Å². The summed E-state index contributed by atoms with van der Waals surface area (Å²) in [7, 11) is 1.86. The lowest BCUT2D eigenvalue weighted by Crippen LogP contribution is -2.06. The highest BCUT2D eigenvalue weighted by atomic mass is 16.5. The molecule has 1 aliphatic carbocycles. The second-order valence-corrected chi connectivity index (χ2v) is 4.37. The van der Waals surface area contributed by atoms with E-state index in [9.17, 15) is 0 Å². The van der Waals surface area contributed by atoms with Gasteiger partial charge in [0.15, 0.2) is 0 Å². The molecular formula is C12H15N5O. The highest BCUT2D eigenvalue weighted by Crippen LogP contribution is 2.38. The minimum absolute atomic E-state index is 0.533. The molecule has 2 aromatic rings. The number of hydrogen-bond donors (Lipinski definition) is 2. The van der Waals surface area contributed by atoms with Crippen LogP contribution in [0.15, 0.2) is 22.9 Å². The average molecular weight is 245 g/mol. The van der Waals surface area contributed by atoms with Crippen molar-refractivity contribution in [1.29, 1.82) is 0 Å². The molecule has 2 N–H and O–H groups in total. The summed E-state index contributed by atoms with van der Waals surface area (Å²) in [5, 5.41) is 10.1. The Labute approximate surface area is 105 Å². The van der Waals surface area contributed by atoms with Crippen molar-refractivity contribution in [2.45, 2.75) is 25.3 Å². The average Bonchev–Trinajstić information content (AvgIpc) is 3.13. The van der Waals surface area contributed by atoms with Crippen molar-refractivity contribution in [2.24, 2.45) is 0 Å². The molecule has 0 radical (unpaired) electrons. The van der Waals surface area contributed by atoms with Crippen LogP contribution in [-0.2, 0) is 6.54 Å². The fraction of sp³-hybridized carbons (Fsp3) is 0.417. The molecule has 94 valence electrons. The van der Waals surface area contributed by atoms with Crippen LogP contribution in [0.25, 0.3) is 0 Å². The summed E-state index contributed by atoms with van der Waals surface area (Å²) < 4.78 is 4.78. The van der Waals surface area contributed by atoms with Crippen molar-refractivity contribution in [3.05, 3.63) is 29.9 Å². The van der Waals surface area contributed by atoms with Crippen molar-refractivity contribution in [3.63, 3.8) is 0 Å². The second kappa shape index (κ2) is 4.64. The van der Waals surface area contributed by atoms with E-state index < -0.39 is 0 Å². The minimum atomic E-state index is 0.533. The van der Waals surface area contributed by atoms with Gasteiger partial charge in [-0.3, -0.25) is 0 Å². The van der Waals surface area contributed by atoms with Crippen LogP contribution in [-0.4, -0.2) is 22.2 Å². The Morgan fingerprint density at radius 3 is 2.83 bits per heavy atom. The van der Waals surface area contributed by atoms with Crippen molar-refractivity contribution >= 4 is 11.6 Å². The molecule has 1 aliphatic rings. The van der Waals surface area contributed by atoms with Crippen molar-refractivity contribution in [1.82, 2.24) is 15.1 Å². The fourth-order valence-electron chi connectivity index (χ4n) is 1.72. The summed E-state index contributed by atoms with van der Waals surface area (Å²) in [6, 6.07) is 3.72. The van der Waals surface area contributed by atoms with E-state index in [0.29, 0.717) is 12.5 Å². The van der Waals surface area contributed by atoms with Gasteiger partial charge in [0.25, 0.3) is 0 Å². The maximum absolute atomic E-state index is 4.78. The number of aromatic nitrogens is 3. The first kappa shape index (κ1) is 11.0. The van der Waals surface area contributed by atoms with Gasteiger partial charge < -0.3 is 15.2 Å². The maximum atomic E-state index is 4.78. The molecule has 0 atom stereocenters. The molecule has 1 saturated carbocycles. The SMILES string of the molecule is CNc1cc(NCc2ccon2)nc(C2CC2)n1. The van der Waals surface area contributed by atoms with E-state index in [1.165, 1.54) is 12.8 Å². The van der Waals surface area contributed by atoms with Crippen molar-refractivity contribution in [3.8, 4) is 0 Å². The highest BCUT2D eigenvalue weighted by molar-refractivity contribution is 5.47. The molecule has 0 amide bonds. The third-order valence-electron chi connectivity index (χ3n) is 2.88. The molecule has 0 spiro atoms. The Balaban J connectivity index is 1.75. The summed E-state index contributed by atoms with van der Waals surface area (Å²) in [5.41, 5.74) is 0.854. The third kappa shape index (κ3) is 2.42. The van der Waals surface area contributed by atoms with E-state index in [2.05, 4.69) is 25.8 Å². The quantitative estimate of drug-likeness (QED) is 0.839. The Morgan fingerprint density at radius 2 is 2.17 bits per heavy atom. The molecular weight excluding hydrogens is 230 g/mol. The molecule has 0 bridgehead atoms. The largest absolute Gasteiger partial charge is 0.373 e. The summed E-state index contributed by atoms with van der Waals surface area (Å²) in [5.74, 6) is 3.12. The Morgan fingerprint density at radius 1 is 1.33 bits per heavy atom. The summed E-state index contributed by atoms with van der Waals surface area (Å²) in [6.07, 6.45) is 3.94. The summed E-state index contributed by atoms with van der Waals surface area (Å²) in [4.78, 5) is 8.98. The monoisotopic (exact) mass is 245 g/mol. The van der Waals surface area contributed by atoms with Gasteiger partial charge in [0.1, 0.15) is 29.4 Å². The van der Waals surface area contributed by atoms with Crippen LogP contribution in [0.2, 0.25) is 0 Å². The van der Waals surface area contributed by atoms with E-state index in [-0.39, 0.29) is 0 Å². The predicted octanol–water partition coefficient (Wildman–Crippen LogP) is 2.00. The molecule has 2 aromatic heterocycles. The van der Waals surface area contributed by atoms with Crippen molar-refractivity contribution < 1.29 is 4.52 Å². The zero-order chi connectivity index (χ0) is 12.4. The lowest BCUT2D eigenvalue weighted by atomic mass is 10.3. The van der Waals surface area contributed by atoms with Crippen LogP contribution in [0.3, 0.4) is 0 Å². The first-order valence-electron chi connectivity index (χ1n) is 6.05. The van der Waals surface area contributed by atoms with Crippen LogP contribution in [0.4, 0.5) is 11.6 Å². The van der Waals surface area contributed by atoms with Gasteiger partial charge in [0, 0.05) is 25.1 Å². The zero-order valence-electron chi connectivity index (χ0n) is 10.2. The van der Waals surface area contributed by atoms with E-state index in [1.807, 2.05) is 19.2 Å². The van der Waals surface area contributed by atoms with Crippen LogP contribution < -0.4 is 10.6 Å². The van der Waals surface area contributed by atoms with Gasteiger partial charge >= 0.3 is 0 Å². The summed E-state index contributed by atoms with van der Waals surface area (Å²) in [6.45, 7) is 0.598. The van der Waals surface area contributed by atoms with Gasteiger partial charge in [0.05, 0.1) is 6.54 Å². The number of anilines is 2. The Hall–Kier alpha value is -2.11. The molecule has 18 heavy (non-hydrogen) atoms. The Bertz CT molecular complexity index is 521. The number of nitrogens with one attached hydrogen (secondary N) is 2. The molecule has 0 aromatic carbocycles. The molecule has 2 heterocycles. The standard InChI is InChI=1S/C12H15N5O/c1-13-10-6-11(14-7-9-4-5-18-17-9)16-12(15-10)8-2-3-8/h4-6,8H,2-3,7H2,1H3,(H2,13,14,15,16). The van der Waals surface area contributed by atoms with Gasteiger partial charge in [-0.25, -0.2) is 9.97 Å². The molecule has 0 unspecified atom stereocenters. The van der Waals surface area contributed by atoms with E-state index >= 15 is 0 Å². The maximum Gasteiger partial charge on any atom is 0.136 e. The van der Waals surface area contributed by atoms with Crippen LogP contribution >= 0.6 is 0 Å². The van der Waals surface area contributed by atoms with Crippen LogP contribution in [0, 0.1) is 0 Å². The van der Waals surface area contributed by atoms with Crippen LogP contribution in [0.1, 0.15) is 30.3 Å². The number of nitrogens with zero attached hydrogens (tertiary/aromatic N) is 3. The van der Waals surface area contributed by atoms with E-state index in [1.54, 1.807) is 6.26 Å². The topological polar surface area (TPSA) is 75.9 Å². The normalized spacial score (nSPS) is 14.5. The first-order chi connectivity index (χ1) is 8.85. The zero-order valence-corrected chi connectivity index (χ0v) is 10.2. The Kier molecular flexibility index (Phi) is 2.84. The van der Waals surface area contributed by atoms with Crippen LogP contribution in [0.5, 0.6) is 0 Å². The molecule has 1 fully saturated rings. The van der Waals surface area contributed by atoms with E-state index in [4.69, 9.17) is 4.52 Å². The van der Waals surface area contributed by atoms with Gasteiger partial charge in [-0.15, -0.1) is 0 Å². The van der Waals surface area contributed by atoms with Gasteiger partial charge in [0.2, 0.25) is 0 Å². The summed E-state index contributed by atoms with van der Waals surface area (Å²) >= 11 is 0. The number of hydrogen-bond acceptors (Lipinski definition) is 6. The number of rotatable bonds is 5. The lowest BCUT2D eigenvalue weighted by Gasteiger charge is -2.08. The molecule has 0 saturated heterocycles. The predicted molar refractivity (Wildman–Crippen MR) is 67.4 cm³/mol. The minimum Gasteiger partial charge on any atom is -0.373 e. The van der Waals surface area contributed by atoms with Gasteiger partial charge in [-0.1, -0.05) is 5.16 Å². The molecule has 6 heteroatoms. The first-order valence-corrected chi connectivity index (χ1v) is 6.05. The highest BCUT2D eigenvalue weighted by Gasteiger charge is 2.27. The van der Waals surface area contributed by atoms with Gasteiger partial charge in [-0.05, 0) is 12.8 Å². The van der Waals surface area contributed by atoms with Crippen molar-refractivity contribution in [2.75, 3.05) is 17.7 Å². The third-order valence-corrected chi connectivity index (χ3v) is 2.88. The molecule has 6 nitrogen and oxygen atoms in total. The molecule has 0 aliphatic heterocycles.